The maximum atomic E-state index is 12.0. The van der Waals surface area contributed by atoms with Crippen LogP contribution < -0.4 is 0 Å². The largest absolute Gasteiger partial charge is 0.469 e. The van der Waals surface area contributed by atoms with Crippen LogP contribution in [-0.2, 0) is 19.1 Å². The highest BCUT2D eigenvalue weighted by Gasteiger charge is 2.38. The smallest absolute Gasteiger partial charge is 0.313 e. The second-order valence-electron chi connectivity index (χ2n) is 5.39. The lowest BCUT2D eigenvalue weighted by Gasteiger charge is -2.37. The molecule has 0 aromatic heterocycles. The second-order valence-corrected chi connectivity index (χ2v) is 5.39. The Balaban J connectivity index is 2.70. The van der Waals surface area contributed by atoms with Crippen LogP contribution in [0, 0.1) is 5.41 Å². The van der Waals surface area contributed by atoms with Gasteiger partial charge < -0.3 is 14.5 Å². The van der Waals surface area contributed by atoms with Crippen molar-refractivity contribution >= 4 is 17.8 Å². The molecule has 1 heterocycles. The fourth-order valence-corrected chi connectivity index (χ4v) is 2.17. The lowest BCUT2D eigenvalue weighted by atomic mass is 9.92. The zero-order valence-electron chi connectivity index (χ0n) is 12.1. The first kappa shape index (κ1) is 15.5. The van der Waals surface area contributed by atoms with Crippen LogP contribution in [-0.4, -0.2) is 60.9 Å². The number of carbonyl (C=O) groups excluding carboxylic acids is 3. The van der Waals surface area contributed by atoms with Crippen molar-refractivity contribution in [3.05, 3.63) is 0 Å². The minimum Gasteiger partial charge on any atom is -0.469 e. The maximum Gasteiger partial charge on any atom is 0.313 e. The molecule has 0 radical (unpaired) electrons. The summed E-state index contributed by atoms with van der Waals surface area (Å²) in [6.07, 6.45) is 0.826. The first-order chi connectivity index (χ1) is 8.83. The van der Waals surface area contributed by atoms with Crippen LogP contribution >= 0.6 is 0 Å². The molecule has 0 saturated carbocycles. The number of esters is 1. The van der Waals surface area contributed by atoms with Crippen LogP contribution in [0.25, 0.3) is 0 Å². The Morgan fingerprint density at radius 3 is 2.26 bits per heavy atom. The number of ether oxygens (including phenoxy) is 1. The third-order valence-electron chi connectivity index (χ3n) is 3.21. The SMILES string of the molecule is CCCN1CCN(CC(C)(C)C(=O)OC)C(=O)C1=O. The first-order valence-electron chi connectivity index (χ1n) is 6.50. The summed E-state index contributed by atoms with van der Waals surface area (Å²) in [6.45, 7) is 7.15. The van der Waals surface area contributed by atoms with Crippen molar-refractivity contribution in [2.75, 3.05) is 33.3 Å². The minimum absolute atomic E-state index is 0.199. The van der Waals surface area contributed by atoms with E-state index in [2.05, 4.69) is 0 Å². The van der Waals surface area contributed by atoms with Crippen molar-refractivity contribution in [3.8, 4) is 0 Å². The molecule has 6 heteroatoms. The molecule has 0 N–H and O–H groups in total. The Kier molecular flexibility index (Phi) is 4.91. The van der Waals surface area contributed by atoms with E-state index in [1.807, 2.05) is 6.92 Å². The summed E-state index contributed by atoms with van der Waals surface area (Å²) in [7, 11) is 1.32. The number of hydrogen-bond donors (Lipinski definition) is 0. The van der Waals surface area contributed by atoms with E-state index in [1.165, 1.54) is 12.0 Å². The van der Waals surface area contributed by atoms with E-state index in [4.69, 9.17) is 4.74 Å². The van der Waals surface area contributed by atoms with Crippen molar-refractivity contribution in [2.45, 2.75) is 27.2 Å². The molecule has 19 heavy (non-hydrogen) atoms. The maximum absolute atomic E-state index is 12.0. The van der Waals surface area contributed by atoms with Gasteiger partial charge in [-0.1, -0.05) is 6.92 Å². The van der Waals surface area contributed by atoms with Crippen LogP contribution in [0.2, 0.25) is 0 Å². The summed E-state index contributed by atoms with van der Waals surface area (Å²) in [5.74, 6) is -1.39. The fourth-order valence-electron chi connectivity index (χ4n) is 2.17. The van der Waals surface area contributed by atoms with Crippen molar-refractivity contribution < 1.29 is 19.1 Å². The third kappa shape index (κ3) is 3.45. The standard InChI is InChI=1S/C13H22N2O4/c1-5-6-14-7-8-15(11(17)10(14)16)9-13(2,3)12(18)19-4/h5-9H2,1-4H3. The quantitative estimate of drug-likeness (QED) is 0.531. The summed E-state index contributed by atoms with van der Waals surface area (Å²) in [5, 5.41) is 0. The van der Waals surface area contributed by atoms with E-state index in [9.17, 15) is 14.4 Å². The number of methoxy groups -OCH3 is 1. The predicted octanol–water partition coefficient (Wildman–Crippen LogP) is 0.266. The van der Waals surface area contributed by atoms with Crippen molar-refractivity contribution in [1.82, 2.24) is 9.80 Å². The Bertz CT molecular complexity index is 379. The fraction of sp³-hybridized carbons (Fsp3) is 0.769. The Hall–Kier alpha value is -1.59. The molecule has 1 saturated heterocycles. The monoisotopic (exact) mass is 270 g/mol. The normalized spacial score (nSPS) is 16.8. The Morgan fingerprint density at radius 2 is 1.74 bits per heavy atom. The molecule has 1 fully saturated rings. The molecular weight excluding hydrogens is 248 g/mol. The van der Waals surface area contributed by atoms with Gasteiger partial charge in [0.25, 0.3) is 0 Å². The number of hydrogen-bond acceptors (Lipinski definition) is 4. The molecule has 108 valence electrons. The average Bonchev–Trinajstić information content (AvgIpc) is 2.37. The van der Waals surface area contributed by atoms with E-state index in [1.54, 1.807) is 18.7 Å². The minimum atomic E-state index is -0.808. The summed E-state index contributed by atoms with van der Waals surface area (Å²) in [4.78, 5) is 38.5. The molecule has 1 aliphatic heterocycles. The van der Waals surface area contributed by atoms with Gasteiger partial charge in [-0.3, -0.25) is 14.4 Å². The molecule has 0 aromatic carbocycles. The molecule has 1 rings (SSSR count). The van der Waals surface area contributed by atoms with Crippen molar-refractivity contribution in [2.24, 2.45) is 5.41 Å². The molecule has 1 aliphatic rings. The highest BCUT2D eigenvalue weighted by Crippen LogP contribution is 2.20. The van der Waals surface area contributed by atoms with E-state index in [0.29, 0.717) is 19.6 Å². The van der Waals surface area contributed by atoms with Crippen LogP contribution in [0.1, 0.15) is 27.2 Å². The van der Waals surface area contributed by atoms with Gasteiger partial charge in [0.1, 0.15) is 0 Å². The van der Waals surface area contributed by atoms with Crippen molar-refractivity contribution in [1.29, 1.82) is 0 Å². The van der Waals surface area contributed by atoms with E-state index >= 15 is 0 Å². The summed E-state index contributed by atoms with van der Waals surface area (Å²) < 4.78 is 4.71. The van der Waals surface area contributed by atoms with Gasteiger partial charge in [-0.2, -0.15) is 0 Å². The van der Waals surface area contributed by atoms with Gasteiger partial charge >= 0.3 is 17.8 Å². The van der Waals surface area contributed by atoms with Crippen molar-refractivity contribution in [3.63, 3.8) is 0 Å². The molecule has 0 aliphatic carbocycles. The van der Waals surface area contributed by atoms with Gasteiger partial charge in [0.15, 0.2) is 0 Å². The molecule has 0 aromatic rings. The summed E-state index contributed by atoms with van der Waals surface area (Å²) >= 11 is 0. The molecule has 2 amide bonds. The molecular formula is C13H22N2O4. The zero-order valence-corrected chi connectivity index (χ0v) is 12.1. The lowest BCUT2D eigenvalue weighted by molar-refractivity contribution is -0.160. The lowest BCUT2D eigenvalue weighted by Crippen LogP contribution is -2.57. The highest BCUT2D eigenvalue weighted by molar-refractivity contribution is 6.35. The van der Waals surface area contributed by atoms with Crippen LogP contribution in [0.5, 0.6) is 0 Å². The number of piperazine rings is 1. The van der Waals surface area contributed by atoms with E-state index in [0.717, 1.165) is 6.42 Å². The van der Waals surface area contributed by atoms with Crippen LogP contribution in [0.4, 0.5) is 0 Å². The first-order valence-corrected chi connectivity index (χ1v) is 6.50. The summed E-state index contributed by atoms with van der Waals surface area (Å²) in [5.41, 5.74) is -0.808. The van der Waals surface area contributed by atoms with Crippen LogP contribution in [0.3, 0.4) is 0 Å². The zero-order chi connectivity index (χ0) is 14.6. The van der Waals surface area contributed by atoms with Gasteiger partial charge in [0, 0.05) is 26.2 Å². The summed E-state index contributed by atoms with van der Waals surface area (Å²) in [6, 6.07) is 0. The van der Waals surface area contributed by atoms with E-state index < -0.39 is 17.2 Å². The molecule has 0 bridgehead atoms. The molecule has 0 unspecified atom stereocenters. The van der Waals surface area contributed by atoms with Gasteiger partial charge in [0.05, 0.1) is 12.5 Å². The Labute approximate surface area is 113 Å². The topological polar surface area (TPSA) is 66.9 Å². The van der Waals surface area contributed by atoms with Gasteiger partial charge in [-0.15, -0.1) is 0 Å². The highest BCUT2D eigenvalue weighted by atomic mass is 16.5. The van der Waals surface area contributed by atoms with Gasteiger partial charge in [0.2, 0.25) is 0 Å². The van der Waals surface area contributed by atoms with Gasteiger partial charge in [-0.05, 0) is 20.3 Å². The third-order valence-corrected chi connectivity index (χ3v) is 3.21. The van der Waals surface area contributed by atoms with E-state index in [-0.39, 0.29) is 12.5 Å². The molecule has 0 spiro atoms. The molecule has 0 atom stereocenters. The number of nitrogens with zero attached hydrogens (tertiary/aromatic N) is 2. The van der Waals surface area contributed by atoms with Gasteiger partial charge in [-0.25, -0.2) is 0 Å². The molecule has 6 nitrogen and oxygen atoms in total. The number of carbonyl (C=O) groups is 3. The average molecular weight is 270 g/mol. The predicted molar refractivity (Wildman–Crippen MR) is 69.2 cm³/mol. The number of rotatable bonds is 5. The number of amides is 2. The van der Waals surface area contributed by atoms with Crippen LogP contribution in [0.15, 0.2) is 0 Å². The Morgan fingerprint density at radius 1 is 1.21 bits per heavy atom. The second kappa shape index (κ2) is 6.04.